The van der Waals surface area contributed by atoms with E-state index in [1.54, 1.807) is 9.47 Å². The lowest BCUT2D eigenvalue weighted by atomic mass is 10.3. The number of imidazole rings is 1. The van der Waals surface area contributed by atoms with E-state index in [4.69, 9.17) is 0 Å². The third-order valence-electron chi connectivity index (χ3n) is 2.67. The lowest BCUT2D eigenvalue weighted by molar-refractivity contribution is 0.0762. The van der Waals surface area contributed by atoms with Crippen LogP contribution in [0.1, 0.15) is 36.1 Å². The molecule has 0 fully saturated rings. The Balaban J connectivity index is 2.20. The van der Waals surface area contributed by atoms with E-state index in [2.05, 4.69) is 27.8 Å². The van der Waals surface area contributed by atoms with E-state index in [0.717, 1.165) is 19.4 Å². The molecule has 16 heavy (non-hydrogen) atoms. The number of amides is 1. The molecule has 0 atom stereocenters. The summed E-state index contributed by atoms with van der Waals surface area (Å²) in [5.74, 6) is 0.240. The van der Waals surface area contributed by atoms with Gasteiger partial charge in [0, 0.05) is 6.54 Å². The lowest BCUT2D eigenvalue weighted by Gasteiger charge is -2.14. The smallest absolute Gasteiger partial charge is 0.291 e. The van der Waals surface area contributed by atoms with Crippen molar-refractivity contribution in [3.8, 4) is 0 Å². The number of carbonyl (C=O) groups excluding carboxylic acids is 1. The fourth-order valence-electron chi connectivity index (χ4n) is 1.76. The number of hydrogen-bond donors (Lipinski definition) is 0. The number of unbranched alkanes of at least 4 members (excludes halogenated alkanes) is 1. The van der Waals surface area contributed by atoms with Crippen molar-refractivity contribution >= 4 is 21.8 Å². The Labute approximate surface area is 102 Å². The van der Waals surface area contributed by atoms with Crippen molar-refractivity contribution in [2.75, 3.05) is 6.54 Å². The van der Waals surface area contributed by atoms with Crippen molar-refractivity contribution < 1.29 is 9.18 Å². The van der Waals surface area contributed by atoms with Gasteiger partial charge in [-0.2, -0.15) is 0 Å². The lowest BCUT2D eigenvalue weighted by Crippen LogP contribution is -2.26. The first kappa shape index (κ1) is 11.6. The van der Waals surface area contributed by atoms with Crippen LogP contribution in [0.3, 0.4) is 0 Å². The molecule has 0 unspecified atom stereocenters. The van der Waals surface area contributed by atoms with Crippen LogP contribution in [-0.2, 0) is 13.3 Å². The molecular formula is C10H13BrFN3O. The minimum absolute atomic E-state index is 0.103. The highest BCUT2D eigenvalue weighted by molar-refractivity contribution is 9.10. The van der Waals surface area contributed by atoms with Gasteiger partial charge < -0.3 is 4.90 Å². The van der Waals surface area contributed by atoms with Crippen LogP contribution >= 0.6 is 15.9 Å². The molecule has 88 valence electrons. The van der Waals surface area contributed by atoms with Crippen molar-refractivity contribution in [3.63, 3.8) is 0 Å². The van der Waals surface area contributed by atoms with Crippen molar-refractivity contribution in [2.45, 2.75) is 33.1 Å². The van der Waals surface area contributed by atoms with Gasteiger partial charge in [0.1, 0.15) is 23.6 Å². The molecular weight excluding hydrogens is 277 g/mol. The fourth-order valence-corrected chi connectivity index (χ4v) is 2.23. The Bertz CT molecular complexity index is 418. The molecule has 0 bridgehead atoms. The molecule has 0 radical (unpaired) electrons. The molecule has 2 heterocycles. The summed E-state index contributed by atoms with van der Waals surface area (Å²) in [6, 6.07) is 0. The molecule has 1 aromatic rings. The number of hydrogen-bond acceptors (Lipinski definition) is 2. The van der Waals surface area contributed by atoms with E-state index >= 15 is 0 Å². The zero-order chi connectivity index (χ0) is 11.7. The average Bonchev–Trinajstić information content (AvgIpc) is 2.76. The molecule has 0 N–H and O–H groups in total. The Morgan fingerprint density at radius 1 is 1.56 bits per heavy atom. The standard InChI is InChI=1S/C10H13BrFN3O/c1-2-3-4-14-6-15-8(11)7(5-12)13-9(15)10(14)16/h2-6H2,1H3. The number of alkyl halides is 1. The van der Waals surface area contributed by atoms with Gasteiger partial charge in [-0.3, -0.25) is 9.36 Å². The Morgan fingerprint density at radius 2 is 2.31 bits per heavy atom. The molecule has 1 amide bonds. The van der Waals surface area contributed by atoms with Gasteiger partial charge in [-0.05, 0) is 22.4 Å². The van der Waals surface area contributed by atoms with Crippen LogP contribution < -0.4 is 0 Å². The second-order valence-electron chi connectivity index (χ2n) is 3.80. The van der Waals surface area contributed by atoms with Gasteiger partial charge in [0.15, 0.2) is 0 Å². The van der Waals surface area contributed by atoms with Gasteiger partial charge in [-0.1, -0.05) is 13.3 Å². The highest BCUT2D eigenvalue weighted by Gasteiger charge is 2.31. The molecule has 6 heteroatoms. The van der Waals surface area contributed by atoms with Crippen LogP contribution in [-0.4, -0.2) is 26.9 Å². The maximum Gasteiger partial charge on any atom is 0.291 e. The van der Waals surface area contributed by atoms with Gasteiger partial charge >= 0.3 is 0 Å². The maximum atomic E-state index is 12.5. The summed E-state index contributed by atoms with van der Waals surface area (Å²) in [5, 5.41) is 0. The first-order valence-electron chi connectivity index (χ1n) is 5.29. The highest BCUT2D eigenvalue weighted by Crippen LogP contribution is 2.25. The predicted molar refractivity (Wildman–Crippen MR) is 60.7 cm³/mol. The van der Waals surface area contributed by atoms with Crippen molar-refractivity contribution in [2.24, 2.45) is 0 Å². The van der Waals surface area contributed by atoms with Gasteiger partial charge in [-0.15, -0.1) is 0 Å². The van der Waals surface area contributed by atoms with Crippen molar-refractivity contribution in [3.05, 3.63) is 16.1 Å². The molecule has 0 saturated heterocycles. The molecule has 0 saturated carbocycles. The van der Waals surface area contributed by atoms with E-state index in [9.17, 15) is 9.18 Å². The zero-order valence-corrected chi connectivity index (χ0v) is 10.6. The van der Waals surface area contributed by atoms with E-state index in [1.165, 1.54) is 0 Å². The quantitative estimate of drug-likeness (QED) is 0.853. The van der Waals surface area contributed by atoms with E-state index in [-0.39, 0.29) is 5.91 Å². The van der Waals surface area contributed by atoms with Crippen LogP contribution in [0.25, 0.3) is 0 Å². The monoisotopic (exact) mass is 289 g/mol. The molecule has 0 spiro atoms. The molecule has 0 aromatic carbocycles. The Morgan fingerprint density at radius 3 is 2.88 bits per heavy atom. The van der Waals surface area contributed by atoms with Gasteiger partial charge in [-0.25, -0.2) is 9.37 Å². The van der Waals surface area contributed by atoms with Crippen LogP contribution in [0, 0.1) is 0 Å². The van der Waals surface area contributed by atoms with Gasteiger partial charge in [0.05, 0.1) is 0 Å². The van der Waals surface area contributed by atoms with E-state index in [1.807, 2.05) is 0 Å². The van der Waals surface area contributed by atoms with Crippen LogP contribution in [0.4, 0.5) is 4.39 Å². The summed E-state index contributed by atoms with van der Waals surface area (Å²) >= 11 is 3.27. The van der Waals surface area contributed by atoms with E-state index < -0.39 is 6.67 Å². The summed E-state index contributed by atoms with van der Waals surface area (Å²) in [7, 11) is 0. The second kappa shape index (κ2) is 4.53. The summed E-state index contributed by atoms with van der Waals surface area (Å²) in [4.78, 5) is 17.6. The Hall–Kier alpha value is -0.910. The van der Waals surface area contributed by atoms with E-state index in [0.29, 0.717) is 22.8 Å². The van der Waals surface area contributed by atoms with Crippen molar-refractivity contribution in [1.82, 2.24) is 14.5 Å². The summed E-state index contributed by atoms with van der Waals surface area (Å²) in [6.45, 7) is 2.64. The van der Waals surface area contributed by atoms with Crippen LogP contribution in [0.2, 0.25) is 0 Å². The SMILES string of the molecule is CCCCN1Cn2c(nc(CF)c2Br)C1=O. The summed E-state index contributed by atoms with van der Waals surface area (Å²) < 4.78 is 14.8. The number of fused-ring (bicyclic) bond motifs is 1. The normalized spacial score (nSPS) is 14.7. The molecule has 4 nitrogen and oxygen atoms in total. The number of aromatic nitrogens is 2. The molecule has 1 aromatic heterocycles. The summed E-state index contributed by atoms with van der Waals surface area (Å²) in [6.07, 6.45) is 2.02. The average molecular weight is 290 g/mol. The molecule has 1 aliphatic heterocycles. The summed E-state index contributed by atoms with van der Waals surface area (Å²) in [5.41, 5.74) is 0.304. The molecule has 0 aliphatic carbocycles. The topological polar surface area (TPSA) is 38.1 Å². The fraction of sp³-hybridized carbons (Fsp3) is 0.600. The number of nitrogens with zero attached hydrogens (tertiary/aromatic N) is 3. The molecule has 1 aliphatic rings. The predicted octanol–water partition coefficient (Wildman–Crippen LogP) is 2.33. The van der Waals surface area contributed by atoms with Crippen molar-refractivity contribution in [1.29, 1.82) is 0 Å². The largest absolute Gasteiger partial charge is 0.318 e. The number of carbonyl (C=O) groups is 1. The third kappa shape index (κ3) is 1.75. The second-order valence-corrected chi connectivity index (χ2v) is 4.55. The first-order valence-corrected chi connectivity index (χ1v) is 6.08. The van der Waals surface area contributed by atoms with Crippen LogP contribution in [0.15, 0.2) is 4.60 Å². The first-order chi connectivity index (χ1) is 7.69. The number of rotatable bonds is 4. The minimum atomic E-state index is -0.650. The van der Waals surface area contributed by atoms with Crippen LogP contribution in [0.5, 0.6) is 0 Å². The zero-order valence-electron chi connectivity index (χ0n) is 9.04. The minimum Gasteiger partial charge on any atom is -0.318 e. The molecule has 2 rings (SSSR count). The highest BCUT2D eigenvalue weighted by atomic mass is 79.9. The van der Waals surface area contributed by atoms with Gasteiger partial charge in [0.25, 0.3) is 5.91 Å². The maximum absolute atomic E-state index is 12.5. The van der Waals surface area contributed by atoms with Gasteiger partial charge in [0.2, 0.25) is 5.82 Å². The Kier molecular flexibility index (Phi) is 3.28. The third-order valence-corrected chi connectivity index (χ3v) is 3.56. The number of halogens is 2.